The molecule has 2 nitrogen and oxygen atoms in total. The second-order valence-corrected chi connectivity index (χ2v) is 6.56. The monoisotopic (exact) mass is 329 g/mol. The summed E-state index contributed by atoms with van der Waals surface area (Å²) >= 11 is 1.58. The highest BCUT2D eigenvalue weighted by molar-refractivity contribution is 7.99. The van der Waals surface area contributed by atoms with Gasteiger partial charge >= 0.3 is 0 Å². The minimum absolute atomic E-state index is 0.301. The summed E-state index contributed by atoms with van der Waals surface area (Å²) in [6.45, 7) is 0. The largest absolute Gasteiger partial charge is 0.506 e. The number of rotatable bonds is 3. The maximum Gasteiger partial charge on any atom is 0.138 e. The van der Waals surface area contributed by atoms with Gasteiger partial charge in [-0.25, -0.2) is 0 Å². The lowest BCUT2D eigenvalue weighted by atomic mass is 10.0. The maximum absolute atomic E-state index is 11.0. The molecule has 0 spiro atoms. The highest BCUT2D eigenvalue weighted by Gasteiger charge is 2.15. The summed E-state index contributed by atoms with van der Waals surface area (Å²) in [4.78, 5) is 6.15. The van der Waals surface area contributed by atoms with Gasteiger partial charge < -0.3 is 5.11 Å². The lowest BCUT2D eigenvalue weighted by Gasteiger charge is -2.13. The summed E-state index contributed by atoms with van der Waals surface area (Å²) in [6, 6.07) is 24.1. The zero-order valence-corrected chi connectivity index (χ0v) is 13.7. The third-order valence-electron chi connectivity index (χ3n) is 3.91. The first-order valence-electron chi connectivity index (χ1n) is 7.71. The van der Waals surface area contributed by atoms with Gasteiger partial charge in [0.15, 0.2) is 0 Å². The minimum Gasteiger partial charge on any atom is -0.506 e. The van der Waals surface area contributed by atoms with Gasteiger partial charge in [-0.15, -0.1) is 0 Å². The number of hydrogen-bond acceptors (Lipinski definition) is 3. The molecule has 116 valence electrons. The number of phenols is 1. The Morgan fingerprint density at radius 1 is 0.833 bits per heavy atom. The number of pyridine rings is 1. The molecule has 3 heteroatoms. The fourth-order valence-electron chi connectivity index (χ4n) is 2.76. The first-order chi connectivity index (χ1) is 11.8. The van der Waals surface area contributed by atoms with E-state index in [4.69, 9.17) is 0 Å². The Hall–Kier alpha value is -2.78. The molecular formula is C21H15NOS. The van der Waals surface area contributed by atoms with Crippen LogP contribution in [0.25, 0.3) is 21.9 Å². The molecule has 0 atom stereocenters. The van der Waals surface area contributed by atoms with Gasteiger partial charge in [-0.3, -0.25) is 4.98 Å². The van der Waals surface area contributed by atoms with Gasteiger partial charge in [-0.1, -0.05) is 60.3 Å². The van der Waals surface area contributed by atoms with Crippen LogP contribution >= 0.6 is 11.8 Å². The molecule has 3 aromatic carbocycles. The van der Waals surface area contributed by atoms with Crippen molar-refractivity contribution in [2.45, 2.75) is 9.79 Å². The van der Waals surface area contributed by atoms with Crippen LogP contribution in [0.5, 0.6) is 5.75 Å². The Balaban J connectivity index is 1.95. The maximum atomic E-state index is 11.0. The highest BCUT2D eigenvalue weighted by atomic mass is 32.2. The number of aromatic hydroxyl groups is 1. The van der Waals surface area contributed by atoms with Crippen molar-refractivity contribution >= 4 is 22.5 Å². The van der Waals surface area contributed by atoms with Crippen LogP contribution in [0.3, 0.4) is 0 Å². The van der Waals surface area contributed by atoms with Crippen molar-refractivity contribution in [2.75, 3.05) is 0 Å². The Morgan fingerprint density at radius 3 is 2.42 bits per heavy atom. The van der Waals surface area contributed by atoms with E-state index in [0.717, 1.165) is 31.7 Å². The van der Waals surface area contributed by atoms with Gasteiger partial charge in [0.05, 0.1) is 4.90 Å². The Kier molecular flexibility index (Phi) is 3.93. The molecule has 1 aromatic heterocycles. The van der Waals surface area contributed by atoms with E-state index in [1.165, 1.54) is 0 Å². The summed E-state index contributed by atoms with van der Waals surface area (Å²) in [5, 5.41) is 13.1. The number of benzene rings is 3. The third kappa shape index (κ3) is 2.74. The molecule has 0 saturated carbocycles. The number of hydrogen-bond donors (Lipinski definition) is 1. The van der Waals surface area contributed by atoms with Gasteiger partial charge in [-0.05, 0) is 35.0 Å². The SMILES string of the molecule is Oc1c(-c2cccnc2)cc2ccccc2c1Sc1ccccc1. The van der Waals surface area contributed by atoms with Gasteiger partial charge in [0.25, 0.3) is 0 Å². The molecule has 0 bridgehead atoms. The van der Waals surface area contributed by atoms with E-state index in [1.54, 1.807) is 24.2 Å². The van der Waals surface area contributed by atoms with Crippen LogP contribution in [0.15, 0.2) is 95.0 Å². The summed E-state index contributed by atoms with van der Waals surface area (Å²) in [7, 11) is 0. The molecule has 0 unspecified atom stereocenters. The van der Waals surface area contributed by atoms with E-state index in [-0.39, 0.29) is 0 Å². The second-order valence-electron chi connectivity index (χ2n) is 5.48. The average molecular weight is 329 g/mol. The molecular weight excluding hydrogens is 314 g/mol. The Labute approximate surface area is 144 Å². The first-order valence-corrected chi connectivity index (χ1v) is 8.52. The van der Waals surface area contributed by atoms with Crippen LogP contribution in [-0.2, 0) is 0 Å². The average Bonchev–Trinajstić information content (AvgIpc) is 2.65. The fourth-order valence-corrected chi connectivity index (χ4v) is 3.79. The molecule has 24 heavy (non-hydrogen) atoms. The molecule has 4 aromatic rings. The molecule has 0 saturated heterocycles. The predicted molar refractivity (Wildman–Crippen MR) is 99.4 cm³/mol. The zero-order chi connectivity index (χ0) is 16.4. The van der Waals surface area contributed by atoms with Crippen LogP contribution in [0, 0.1) is 0 Å². The number of aromatic nitrogens is 1. The molecule has 0 radical (unpaired) electrons. The smallest absolute Gasteiger partial charge is 0.138 e. The van der Waals surface area contributed by atoms with E-state index in [9.17, 15) is 5.11 Å². The normalized spacial score (nSPS) is 10.8. The standard InChI is InChI=1S/C21H15NOS/c23-20-19(16-8-6-12-22-14-16)13-15-7-4-5-11-18(15)21(20)24-17-9-2-1-3-10-17/h1-14,23H. The molecule has 0 aliphatic heterocycles. The highest BCUT2D eigenvalue weighted by Crippen LogP contribution is 2.45. The van der Waals surface area contributed by atoms with Crippen molar-refractivity contribution in [1.82, 2.24) is 4.98 Å². The Bertz CT molecular complexity index is 985. The van der Waals surface area contributed by atoms with E-state index in [1.807, 2.05) is 54.6 Å². The molecule has 0 amide bonds. The van der Waals surface area contributed by atoms with E-state index in [2.05, 4.69) is 23.2 Å². The Morgan fingerprint density at radius 2 is 1.62 bits per heavy atom. The molecule has 0 aliphatic carbocycles. The second kappa shape index (κ2) is 6.38. The molecule has 0 aliphatic rings. The van der Waals surface area contributed by atoms with Gasteiger partial charge in [0.1, 0.15) is 5.75 Å². The van der Waals surface area contributed by atoms with Crippen molar-refractivity contribution in [3.63, 3.8) is 0 Å². The summed E-state index contributed by atoms with van der Waals surface area (Å²) in [5.41, 5.74) is 1.72. The molecule has 0 fully saturated rings. The summed E-state index contributed by atoms with van der Waals surface area (Å²) in [6.07, 6.45) is 3.52. The van der Waals surface area contributed by atoms with Crippen molar-refractivity contribution < 1.29 is 5.11 Å². The van der Waals surface area contributed by atoms with Crippen molar-refractivity contribution in [2.24, 2.45) is 0 Å². The third-order valence-corrected chi connectivity index (χ3v) is 5.04. The quantitative estimate of drug-likeness (QED) is 0.519. The summed E-state index contributed by atoms with van der Waals surface area (Å²) < 4.78 is 0. The van der Waals surface area contributed by atoms with Crippen molar-refractivity contribution in [3.8, 4) is 16.9 Å². The van der Waals surface area contributed by atoms with Crippen LogP contribution in [0.1, 0.15) is 0 Å². The van der Waals surface area contributed by atoms with Crippen LogP contribution < -0.4 is 0 Å². The van der Waals surface area contributed by atoms with Crippen LogP contribution in [-0.4, -0.2) is 10.1 Å². The van der Waals surface area contributed by atoms with Crippen LogP contribution in [0.2, 0.25) is 0 Å². The lowest BCUT2D eigenvalue weighted by molar-refractivity contribution is 0.466. The number of nitrogens with zero attached hydrogens (tertiary/aromatic N) is 1. The van der Waals surface area contributed by atoms with E-state index >= 15 is 0 Å². The number of phenolic OH excluding ortho intramolecular Hbond substituents is 1. The van der Waals surface area contributed by atoms with Crippen molar-refractivity contribution in [3.05, 3.63) is 85.2 Å². The number of fused-ring (bicyclic) bond motifs is 1. The molecule has 1 heterocycles. The fraction of sp³-hybridized carbons (Fsp3) is 0. The van der Waals surface area contributed by atoms with E-state index < -0.39 is 0 Å². The van der Waals surface area contributed by atoms with Gasteiger partial charge in [0, 0.05) is 28.4 Å². The van der Waals surface area contributed by atoms with Gasteiger partial charge in [0.2, 0.25) is 0 Å². The zero-order valence-electron chi connectivity index (χ0n) is 12.9. The summed E-state index contributed by atoms with van der Waals surface area (Å²) in [5.74, 6) is 0.301. The van der Waals surface area contributed by atoms with Gasteiger partial charge in [-0.2, -0.15) is 0 Å². The molecule has 4 rings (SSSR count). The lowest BCUT2D eigenvalue weighted by Crippen LogP contribution is -1.86. The van der Waals surface area contributed by atoms with Crippen LogP contribution in [0.4, 0.5) is 0 Å². The van der Waals surface area contributed by atoms with E-state index in [0.29, 0.717) is 5.75 Å². The topological polar surface area (TPSA) is 33.1 Å². The van der Waals surface area contributed by atoms with Crippen molar-refractivity contribution in [1.29, 1.82) is 0 Å². The first kappa shape index (κ1) is 14.8. The minimum atomic E-state index is 0.301. The molecule has 1 N–H and O–H groups in total. The predicted octanol–water partition coefficient (Wildman–Crippen LogP) is 5.76.